The van der Waals surface area contributed by atoms with Crippen LogP contribution in [0.5, 0.6) is 0 Å². The van der Waals surface area contributed by atoms with Gasteiger partial charge in [-0.25, -0.2) is 0 Å². The molecule has 2 rings (SSSR count). The van der Waals surface area contributed by atoms with E-state index >= 15 is 0 Å². The molecule has 1 aliphatic rings. The smallest absolute Gasteiger partial charge is 0.301 e. The van der Waals surface area contributed by atoms with Gasteiger partial charge in [0.05, 0.1) is 5.69 Å². The molecule has 0 atom stereocenters. The number of hydrogen-bond acceptors (Lipinski definition) is 4. The predicted molar refractivity (Wildman–Crippen MR) is 50.8 cm³/mol. The van der Waals surface area contributed by atoms with Gasteiger partial charge in [0.15, 0.2) is 0 Å². The van der Waals surface area contributed by atoms with Gasteiger partial charge in [0.25, 0.3) is 0 Å². The van der Waals surface area contributed by atoms with Crippen molar-refractivity contribution in [1.29, 1.82) is 0 Å². The molecule has 2 heterocycles. The maximum Gasteiger partial charge on any atom is 0.301 e. The summed E-state index contributed by atoms with van der Waals surface area (Å²) in [6.07, 6.45) is 2.05. The van der Waals surface area contributed by atoms with Gasteiger partial charge in [-0.05, 0) is 25.9 Å². The van der Waals surface area contributed by atoms with Crippen LogP contribution in [0.1, 0.15) is 12.1 Å². The topological polar surface area (TPSA) is 67.2 Å². The minimum atomic E-state index is -0.0293. The highest BCUT2D eigenvalue weighted by Crippen LogP contribution is 2.11. The van der Waals surface area contributed by atoms with Crippen molar-refractivity contribution >= 4 is 11.9 Å². The highest BCUT2D eigenvalue weighted by atomic mass is 16.4. The number of nitrogens with one attached hydrogen (secondary N) is 2. The van der Waals surface area contributed by atoms with Crippen molar-refractivity contribution in [2.45, 2.75) is 13.3 Å². The summed E-state index contributed by atoms with van der Waals surface area (Å²) < 4.78 is 5.01. The van der Waals surface area contributed by atoms with Crippen LogP contribution in [-0.2, 0) is 4.79 Å². The zero-order chi connectivity index (χ0) is 9.97. The molecule has 1 amide bonds. The molecule has 0 spiro atoms. The lowest BCUT2D eigenvalue weighted by atomic mass is 9.99. The highest BCUT2D eigenvalue weighted by Gasteiger charge is 2.20. The third-order valence-electron chi connectivity index (χ3n) is 2.21. The number of hydrogen-bond donors (Lipinski definition) is 2. The number of carbonyl (C=O) groups is 1. The first-order chi connectivity index (χ1) is 6.74. The summed E-state index contributed by atoms with van der Waals surface area (Å²) in [5, 5.41) is 5.73. The van der Waals surface area contributed by atoms with Crippen LogP contribution in [0.4, 0.5) is 6.01 Å². The molecule has 2 N–H and O–H groups in total. The largest absolute Gasteiger partial charge is 0.432 e. The second kappa shape index (κ2) is 3.79. The standard InChI is InChI=1S/C9H13N3O2/c1-6-5-14-9(11-6)12-8(13)2-7-3-10-4-7/h5,7,10H,2-4H2,1H3,(H,11,12,13). The van der Waals surface area contributed by atoms with E-state index in [0.29, 0.717) is 18.4 Å². The summed E-state index contributed by atoms with van der Waals surface area (Å²) in [5.41, 5.74) is 0.769. The van der Waals surface area contributed by atoms with Crippen molar-refractivity contribution in [2.75, 3.05) is 18.4 Å². The summed E-state index contributed by atoms with van der Waals surface area (Å²) in [4.78, 5) is 15.4. The summed E-state index contributed by atoms with van der Waals surface area (Å²) in [6, 6.07) is 0.291. The third-order valence-corrected chi connectivity index (χ3v) is 2.21. The van der Waals surface area contributed by atoms with Crippen LogP contribution >= 0.6 is 0 Å². The van der Waals surface area contributed by atoms with E-state index in [1.165, 1.54) is 6.26 Å². The number of rotatable bonds is 3. The van der Waals surface area contributed by atoms with E-state index in [-0.39, 0.29) is 5.91 Å². The lowest BCUT2D eigenvalue weighted by molar-refractivity contribution is -0.117. The Morgan fingerprint density at radius 2 is 2.57 bits per heavy atom. The maximum atomic E-state index is 11.4. The van der Waals surface area contributed by atoms with Gasteiger partial charge in [-0.15, -0.1) is 0 Å². The first kappa shape index (κ1) is 9.21. The van der Waals surface area contributed by atoms with E-state index in [1.54, 1.807) is 0 Å². The van der Waals surface area contributed by atoms with E-state index in [0.717, 1.165) is 18.8 Å². The quantitative estimate of drug-likeness (QED) is 0.738. The first-order valence-corrected chi connectivity index (χ1v) is 4.67. The lowest BCUT2D eigenvalue weighted by Gasteiger charge is -2.25. The zero-order valence-electron chi connectivity index (χ0n) is 8.04. The van der Waals surface area contributed by atoms with E-state index in [4.69, 9.17) is 4.42 Å². The molecule has 0 unspecified atom stereocenters. The van der Waals surface area contributed by atoms with Gasteiger partial charge >= 0.3 is 6.01 Å². The van der Waals surface area contributed by atoms with Gasteiger partial charge in [-0.1, -0.05) is 0 Å². The van der Waals surface area contributed by atoms with Crippen molar-refractivity contribution in [3.63, 3.8) is 0 Å². The Kier molecular flexibility index (Phi) is 2.49. The number of amides is 1. The first-order valence-electron chi connectivity index (χ1n) is 4.67. The molecular weight excluding hydrogens is 182 g/mol. The lowest BCUT2D eigenvalue weighted by Crippen LogP contribution is -2.43. The molecule has 0 bridgehead atoms. The Labute approximate surface area is 81.9 Å². The molecular formula is C9H13N3O2. The molecule has 5 heteroatoms. The van der Waals surface area contributed by atoms with Crippen molar-refractivity contribution in [3.8, 4) is 0 Å². The van der Waals surface area contributed by atoms with Crippen LogP contribution in [0, 0.1) is 12.8 Å². The fraction of sp³-hybridized carbons (Fsp3) is 0.556. The average molecular weight is 195 g/mol. The molecule has 1 aliphatic heterocycles. The molecule has 0 aliphatic carbocycles. The van der Waals surface area contributed by atoms with Crippen molar-refractivity contribution in [3.05, 3.63) is 12.0 Å². The Hall–Kier alpha value is -1.36. The fourth-order valence-corrected chi connectivity index (χ4v) is 1.34. The van der Waals surface area contributed by atoms with Gasteiger partial charge in [0, 0.05) is 6.42 Å². The molecule has 0 radical (unpaired) electrons. The zero-order valence-corrected chi connectivity index (χ0v) is 8.04. The predicted octanol–water partition coefficient (Wildman–Crippen LogP) is 0.531. The number of nitrogens with zero attached hydrogens (tertiary/aromatic N) is 1. The van der Waals surface area contributed by atoms with Gasteiger partial charge < -0.3 is 9.73 Å². The number of aromatic nitrogens is 1. The maximum absolute atomic E-state index is 11.4. The van der Waals surface area contributed by atoms with Gasteiger partial charge in [-0.2, -0.15) is 4.98 Å². The minimum Gasteiger partial charge on any atom is -0.432 e. The molecule has 0 aromatic carbocycles. The summed E-state index contributed by atoms with van der Waals surface area (Å²) in [5.74, 6) is 0.435. The van der Waals surface area contributed by atoms with Crippen LogP contribution in [-0.4, -0.2) is 24.0 Å². The molecule has 1 aromatic rings. The Morgan fingerprint density at radius 3 is 3.07 bits per heavy atom. The molecule has 1 saturated heterocycles. The van der Waals surface area contributed by atoms with Crippen LogP contribution in [0.3, 0.4) is 0 Å². The van der Waals surface area contributed by atoms with E-state index < -0.39 is 0 Å². The molecule has 0 saturated carbocycles. The summed E-state index contributed by atoms with van der Waals surface area (Å²) in [6.45, 7) is 3.67. The third kappa shape index (κ3) is 2.11. The number of anilines is 1. The monoisotopic (exact) mass is 195 g/mol. The van der Waals surface area contributed by atoms with Gasteiger partial charge in [-0.3, -0.25) is 10.1 Å². The number of oxazole rings is 1. The summed E-state index contributed by atoms with van der Waals surface area (Å²) in [7, 11) is 0. The molecule has 1 fully saturated rings. The van der Waals surface area contributed by atoms with Crippen LogP contribution in [0.15, 0.2) is 10.7 Å². The second-order valence-corrected chi connectivity index (χ2v) is 3.57. The molecule has 76 valence electrons. The average Bonchev–Trinajstić information content (AvgIpc) is 2.44. The van der Waals surface area contributed by atoms with Gasteiger partial charge in [0.1, 0.15) is 6.26 Å². The Morgan fingerprint density at radius 1 is 1.79 bits per heavy atom. The van der Waals surface area contributed by atoms with Crippen LogP contribution < -0.4 is 10.6 Å². The normalized spacial score (nSPS) is 16.4. The van der Waals surface area contributed by atoms with Crippen LogP contribution in [0.25, 0.3) is 0 Å². The van der Waals surface area contributed by atoms with E-state index in [2.05, 4.69) is 15.6 Å². The molecule has 5 nitrogen and oxygen atoms in total. The SMILES string of the molecule is Cc1coc(NC(=O)CC2CNC2)n1. The van der Waals surface area contributed by atoms with Crippen molar-refractivity contribution < 1.29 is 9.21 Å². The Bertz CT molecular complexity index is 331. The van der Waals surface area contributed by atoms with Crippen LogP contribution in [0.2, 0.25) is 0 Å². The van der Waals surface area contributed by atoms with E-state index in [1.807, 2.05) is 6.92 Å². The number of aryl methyl sites for hydroxylation is 1. The summed E-state index contributed by atoms with van der Waals surface area (Å²) >= 11 is 0. The molecule has 14 heavy (non-hydrogen) atoms. The van der Waals surface area contributed by atoms with Crippen molar-refractivity contribution in [1.82, 2.24) is 10.3 Å². The Balaban J connectivity index is 1.81. The number of carbonyl (C=O) groups excluding carboxylic acids is 1. The fourth-order valence-electron chi connectivity index (χ4n) is 1.34. The highest BCUT2D eigenvalue weighted by molar-refractivity contribution is 5.88. The second-order valence-electron chi connectivity index (χ2n) is 3.57. The molecule has 1 aromatic heterocycles. The van der Waals surface area contributed by atoms with E-state index in [9.17, 15) is 4.79 Å². The van der Waals surface area contributed by atoms with Crippen molar-refractivity contribution in [2.24, 2.45) is 5.92 Å². The van der Waals surface area contributed by atoms with Gasteiger partial charge in [0.2, 0.25) is 5.91 Å². The minimum absolute atomic E-state index is 0.0293.